The highest BCUT2D eigenvalue weighted by atomic mass is 16.5. The van der Waals surface area contributed by atoms with Crippen molar-refractivity contribution in [2.24, 2.45) is 0 Å². The maximum atomic E-state index is 6.11. The van der Waals surface area contributed by atoms with Crippen LogP contribution in [0.4, 0.5) is 0 Å². The molecular formula is C15H23NO. The summed E-state index contributed by atoms with van der Waals surface area (Å²) < 4.78 is 6.11. The van der Waals surface area contributed by atoms with Crippen molar-refractivity contribution in [3.63, 3.8) is 0 Å². The van der Waals surface area contributed by atoms with E-state index < -0.39 is 0 Å². The zero-order valence-corrected chi connectivity index (χ0v) is 11.1. The first-order valence-corrected chi connectivity index (χ1v) is 6.63. The maximum absolute atomic E-state index is 6.11. The third-order valence-electron chi connectivity index (χ3n) is 3.83. The van der Waals surface area contributed by atoms with Gasteiger partial charge in [-0.2, -0.15) is 0 Å². The predicted octanol–water partition coefficient (Wildman–Crippen LogP) is 3.29. The number of ether oxygens (including phenoxy) is 1. The molecular weight excluding hydrogens is 210 g/mol. The van der Waals surface area contributed by atoms with Crippen LogP contribution in [0.2, 0.25) is 0 Å². The van der Waals surface area contributed by atoms with Crippen molar-refractivity contribution < 1.29 is 4.74 Å². The molecule has 0 radical (unpaired) electrons. The lowest BCUT2D eigenvalue weighted by atomic mass is 9.90. The van der Waals surface area contributed by atoms with Gasteiger partial charge < -0.3 is 10.1 Å². The summed E-state index contributed by atoms with van der Waals surface area (Å²) in [5, 5.41) is 3.75. The van der Waals surface area contributed by atoms with E-state index >= 15 is 0 Å². The highest BCUT2D eigenvalue weighted by Crippen LogP contribution is 2.31. The highest BCUT2D eigenvalue weighted by molar-refractivity contribution is 5.20. The van der Waals surface area contributed by atoms with Gasteiger partial charge in [0.2, 0.25) is 0 Å². The van der Waals surface area contributed by atoms with Crippen molar-refractivity contribution in [1.29, 1.82) is 0 Å². The van der Waals surface area contributed by atoms with E-state index in [4.69, 9.17) is 4.74 Å². The average molecular weight is 233 g/mol. The molecule has 1 saturated heterocycles. The summed E-state index contributed by atoms with van der Waals surface area (Å²) in [6.07, 6.45) is 2.39. The smallest absolute Gasteiger partial charge is 0.0978 e. The average Bonchev–Trinajstić information content (AvgIpc) is 2.39. The van der Waals surface area contributed by atoms with E-state index in [1.165, 1.54) is 5.56 Å². The number of benzene rings is 1. The van der Waals surface area contributed by atoms with Gasteiger partial charge in [0.05, 0.1) is 12.7 Å². The van der Waals surface area contributed by atoms with Crippen LogP contribution in [0.15, 0.2) is 30.3 Å². The van der Waals surface area contributed by atoms with Crippen LogP contribution in [0, 0.1) is 0 Å². The number of hydrogen-bond donors (Lipinski definition) is 1. The molecule has 0 amide bonds. The Bertz CT molecular complexity index is 351. The van der Waals surface area contributed by atoms with Gasteiger partial charge in [-0.3, -0.25) is 0 Å². The van der Waals surface area contributed by atoms with Crippen molar-refractivity contribution >= 4 is 0 Å². The normalized spacial score (nSPS) is 33.6. The van der Waals surface area contributed by atoms with E-state index in [2.05, 4.69) is 56.4 Å². The lowest BCUT2D eigenvalue weighted by Crippen LogP contribution is -2.57. The van der Waals surface area contributed by atoms with Gasteiger partial charge in [0.15, 0.2) is 0 Å². The molecule has 1 N–H and O–H groups in total. The lowest BCUT2D eigenvalue weighted by Gasteiger charge is -2.43. The van der Waals surface area contributed by atoms with Crippen molar-refractivity contribution in [2.75, 3.05) is 6.61 Å². The van der Waals surface area contributed by atoms with Crippen molar-refractivity contribution in [3.8, 4) is 0 Å². The molecule has 2 rings (SSSR count). The molecule has 1 heterocycles. The predicted molar refractivity (Wildman–Crippen MR) is 71.0 cm³/mol. The van der Waals surface area contributed by atoms with Gasteiger partial charge in [0, 0.05) is 11.6 Å². The summed E-state index contributed by atoms with van der Waals surface area (Å²) in [5.41, 5.74) is 1.41. The summed E-state index contributed by atoms with van der Waals surface area (Å²) in [6.45, 7) is 7.47. The van der Waals surface area contributed by atoms with E-state index in [1.807, 2.05) is 0 Å². The molecule has 1 aliphatic rings. The second-order valence-corrected chi connectivity index (χ2v) is 5.22. The van der Waals surface area contributed by atoms with Crippen molar-refractivity contribution in [1.82, 2.24) is 5.32 Å². The van der Waals surface area contributed by atoms with E-state index in [0.717, 1.165) is 19.4 Å². The van der Waals surface area contributed by atoms with Gasteiger partial charge in [-0.05, 0) is 25.3 Å². The van der Waals surface area contributed by atoms with Crippen LogP contribution in [-0.2, 0) is 4.74 Å². The summed E-state index contributed by atoms with van der Waals surface area (Å²) in [4.78, 5) is 0. The van der Waals surface area contributed by atoms with Crippen LogP contribution in [0.25, 0.3) is 0 Å². The first kappa shape index (κ1) is 12.6. The molecule has 1 fully saturated rings. The molecule has 0 saturated carbocycles. The monoisotopic (exact) mass is 233 g/mol. The maximum Gasteiger partial charge on any atom is 0.0978 e. The molecule has 3 unspecified atom stereocenters. The number of rotatable bonds is 3. The quantitative estimate of drug-likeness (QED) is 0.865. The molecule has 1 aliphatic heterocycles. The van der Waals surface area contributed by atoms with Crippen molar-refractivity contribution in [3.05, 3.63) is 35.9 Å². The van der Waals surface area contributed by atoms with Crippen LogP contribution in [-0.4, -0.2) is 18.2 Å². The fraction of sp³-hybridized carbons (Fsp3) is 0.600. The summed E-state index contributed by atoms with van der Waals surface area (Å²) in [5.74, 6) is 0. The molecule has 1 aromatic rings. The molecule has 2 heteroatoms. The minimum absolute atomic E-state index is 0.131. The molecule has 17 heavy (non-hydrogen) atoms. The van der Waals surface area contributed by atoms with E-state index in [-0.39, 0.29) is 11.6 Å². The Morgan fingerprint density at radius 3 is 2.59 bits per heavy atom. The van der Waals surface area contributed by atoms with Gasteiger partial charge in [-0.1, -0.05) is 44.2 Å². The van der Waals surface area contributed by atoms with Crippen LogP contribution < -0.4 is 5.32 Å². The Morgan fingerprint density at radius 2 is 2.00 bits per heavy atom. The second kappa shape index (κ2) is 5.19. The fourth-order valence-corrected chi connectivity index (χ4v) is 2.45. The van der Waals surface area contributed by atoms with Gasteiger partial charge in [-0.25, -0.2) is 0 Å². The van der Waals surface area contributed by atoms with Crippen LogP contribution >= 0.6 is 0 Å². The molecule has 94 valence electrons. The molecule has 0 spiro atoms. The number of nitrogens with one attached hydrogen (secondary N) is 1. The van der Waals surface area contributed by atoms with Gasteiger partial charge >= 0.3 is 0 Å². The first-order chi connectivity index (χ1) is 8.18. The zero-order chi connectivity index (χ0) is 12.3. The molecule has 0 aliphatic carbocycles. The molecule has 1 aromatic carbocycles. The first-order valence-electron chi connectivity index (χ1n) is 6.63. The largest absolute Gasteiger partial charge is 0.370 e. The molecule has 2 nitrogen and oxygen atoms in total. The third-order valence-corrected chi connectivity index (χ3v) is 3.83. The topological polar surface area (TPSA) is 21.3 Å². The van der Waals surface area contributed by atoms with E-state index in [9.17, 15) is 0 Å². The Balaban J connectivity index is 2.15. The Hall–Kier alpha value is -0.860. The Morgan fingerprint density at radius 1 is 1.29 bits per heavy atom. The van der Waals surface area contributed by atoms with Crippen LogP contribution in [0.3, 0.4) is 0 Å². The molecule has 0 bridgehead atoms. The van der Waals surface area contributed by atoms with E-state index in [1.54, 1.807) is 0 Å². The summed E-state index contributed by atoms with van der Waals surface area (Å²) >= 11 is 0. The minimum Gasteiger partial charge on any atom is -0.370 e. The van der Waals surface area contributed by atoms with Crippen LogP contribution in [0.5, 0.6) is 0 Å². The highest BCUT2D eigenvalue weighted by Gasteiger charge is 2.36. The Labute approximate surface area is 104 Å². The third kappa shape index (κ3) is 2.70. The lowest BCUT2D eigenvalue weighted by molar-refractivity contribution is -0.0616. The number of morpholine rings is 1. The molecule has 0 aromatic heterocycles. The molecule has 3 atom stereocenters. The van der Waals surface area contributed by atoms with Gasteiger partial charge in [0.25, 0.3) is 0 Å². The fourth-order valence-electron chi connectivity index (χ4n) is 2.45. The standard InChI is InChI=1S/C15H23NO/c1-4-13-14(12-9-7-6-8-10-12)17-11-15(3,5-2)16-13/h6-10,13-14,16H,4-5,11H2,1-3H3. The van der Waals surface area contributed by atoms with Gasteiger partial charge in [0.1, 0.15) is 0 Å². The Kier molecular flexibility index (Phi) is 3.85. The van der Waals surface area contributed by atoms with Gasteiger partial charge in [-0.15, -0.1) is 0 Å². The second-order valence-electron chi connectivity index (χ2n) is 5.22. The summed E-state index contributed by atoms with van der Waals surface area (Å²) in [7, 11) is 0. The summed E-state index contributed by atoms with van der Waals surface area (Å²) in [6, 6.07) is 10.9. The van der Waals surface area contributed by atoms with Crippen LogP contribution in [0.1, 0.15) is 45.3 Å². The van der Waals surface area contributed by atoms with E-state index in [0.29, 0.717) is 6.04 Å². The SMILES string of the molecule is CCC1NC(C)(CC)COC1c1ccccc1. The van der Waals surface area contributed by atoms with Crippen molar-refractivity contribution in [2.45, 2.75) is 51.3 Å². The number of hydrogen-bond acceptors (Lipinski definition) is 2. The zero-order valence-electron chi connectivity index (χ0n) is 11.1. The minimum atomic E-state index is 0.131.